The third-order valence-electron chi connectivity index (χ3n) is 3.52. The summed E-state index contributed by atoms with van der Waals surface area (Å²) in [6.07, 6.45) is -0.159. The fourth-order valence-electron chi connectivity index (χ4n) is 2.27. The van der Waals surface area contributed by atoms with Crippen LogP contribution < -0.4 is 0 Å². The fraction of sp³-hybridized carbons (Fsp3) is 0.429. The number of aromatic hydroxyl groups is 1. The maximum absolute atomic E-state index is 9.75. The lowest BCUT2D eigenvalue weighted by atomic mass is 10.2. The number of rotatable bonds is 3. The molecule has 0 saturated carbocycles. The van der Waals surface area contributed by atoms with Crippen LogP contribution in [0, 0.1) is 3.57 Å². The average molecular weight is 401 g/mol. The maximum atomic E-state index is 9.75. The van der Waals surface area contributed by atoms with Gasteiger partial charge in [-0.3, -0.25) is 4.90 Å². The lowest BCUT2D eigenvalue weighted by Gasteiger charge is -2.30. The molecule has 1 aliphatic rings. The van der Waals surface area contributed by atoms with Gasteiger partial charge in [0, 0.05) is 18.7 Å². The Morgan fingerprint density at radius 3 is 3.10 bits per heavy atom. The number of hydrogen-bond donors (Lipinski definition) is 1. The Balaban J connectivity index is 1.81. The van der Waals surface area contributed by atoms with E-state index in [9.17, 15) is 5.11 Å². The zero-order valence-corrected chi connectivity index (χ0v) is 13.8. The van der Waals surface area contributed by atoms with Crippen molar-refractivity contribution in [3.05, 3.63) is 27.6 Å². The molecule has 0 amide bonds. The highest BCUT2D eigenvalue weighted by atomic mass is 127. The first-order chi connectivity index (χ1) is 10.2. The molecular weight excluding hydrogens is 385 g/mol. The number of morpholine rings is 1. The summed E-state index contributed by atoms with van der Waals surface area (Å²) in [7, 11) is 0. The largest absolute Gasteiger partial charge is 0.507 e. The number of nitrogens with zero attached hydrogens (tertiary/aromatic N) is 3. The van der Waals surface area contributed by atoms with Crippen molar-refractivity contribution in [2.24, 2.45) is 0 Å². The van der Waals surface area contributed by atoms with Crippen molar-refractivity contribution in [1.29, 1.82) is 0 Å². The molecule has 1 saturated heterocycles. The molecule has 1 fully saturated rings. The third-order valence-corrected chi connectivity index (χ3v) is 4.43. The number of phenolic OH excluding ortho intramolecular Hbond substituents is 1. The molecule has 0 aliphatic carbocycles. The predicted molar refractivity (Wildman–Crippen MR) is 84.9 cm³/mol. The molecule has 1 unspecified atom stereocenters. The van der Waals surface area contributed by atoms with Gasteiger partial charge >= 0.3 is 0 Å². The molecule has 1 N–H and O–H groups in total. The second-order valence-electron chi connectivity index (χ2n) is 4.88. The van der Waals surface area contributed by atoms with Crippen molar-refractivity contribution >= 4 is 22.6 Å². The van der Waals surface area contributed by atoms with E-state index in [0.29, 0.717) is 23.9 Å². The summed E-state index contributed by atoms with van der Waals surface area (Å²) >= 11 is 2.07. The Bertz CT molecular complexity index is 632. The molecule has 1 aromatic heterocycles. The third kappa shape index (κ3) is 3.19. The number of aromatic nitrogens is 2. The summed E-state index contributed by atoms with van der Waals surface area (Å²) in [5, 5.41) is 13.8. The Kier molecular flexibility index (Phi) is 4.41. The van der Waals surface area contributed by atoms with Crippen molar-refractivity contribution < 1.29 is 14.4 Å². The van der Waals surface area contributed by atoms with Gasteiger partial charge in [-0.25, -0.2) is 0 Å². The number of benzene rings is 1. The van der Waals surface area contributed by atoms with E-state index >= 15 is 0 Å². The molecule has 1 atom stereocenters. The van der Waals surface area contributed by atoms with Gasteiger partial charge in [0.25, 0.3) is 5.89 Å². The Morgan fingerprint density at radius 1 is 1.48 bits per heavy atom. The summed E-state index contributed by atoms with van der Waals surface area (Å²) < 4.78 is 11.8. The van der Waals surface area contributed by atoms with Gasteiger partial charge in [0.05, 0.1) is 10.2 Å². The standard InChI is InChI=1S/C14H16IN3O3/c1-2-18-5-6-20-12(8-18)13-16-14(21-17-13)9-3-4-10(15)11(19)7-9/h3-4,7,12,19H,2,5-6,8H2,1H3. The summed E-state index contributed by atoms with van der Waals surface area (Å²) in [6.45, 7) is 5.48. The summed E-state index contributed by atoms with van der Waals surface area (Å²) in [4.78, 5) is 6.69. The molecule has 1 aromatic carbocycles. The van der Waals surface area contributed by atoms with Gasteiger partial charge in [-0.1, -0.05) is 12.1 Å². The number of likely N-dealkylation sites (N-methyl/N-ethyl adjacent to an activating group) is 1. The van der Waals surface area contributed by atoms with Crippen LogP contribution in [-0.2, 0) is 4.74 Å². The van der Waals surface area contributed by atoms with Crippen molar-refractivity contribution in [2.75, 3.05) is 26.2 Å². The number of halogens is 1. The topological polar surface area (TPSA) is 71.6 Å². The van der Waals surface area contributed by atoms with E-state index in [4.69, 9.17) is 9.26 Å². The number of phenols is 1. The highest BCUT2D eigenvalue weighted by molar-refractivity contribution is 14.1. The van der Waals surface area contributed by atoms with Crippen LogP contribution in [0.5, 0.6) is 5.75 Å². The van der Waals surface area contributed by atoms with Crippen LogP contribution in [-0.4, -0.2) is 46.4 Å². The van der Waals surface area contributed by atoms with E-state index in [1.54, 1.807) is 6.07 Å². The van der Waals surface area contributed by atoms with Crippen molar-refractivity contribution in [1.82, 2.24) is 15.0 Å². The van der Waals surface area contributed by atoms with E-state index in [1.165, 1.54) is 0 Å². The van der Waals surface area contributed by atoms with Gasteiger partial charge in [-0.2, -0.15) is 4.98 Å². The molecule has 3 rings (SSSR count). The first-order valence-electron chi connectivity index (χ1n) is 6.84. The molecule has 112 valence electrons. The van der Waals surface area contributed by atoms with Gasteiger partial charge in [0.1, 0.15) is 11.9 Å². The van der Waals surface area contributed by atoms with Crippen LogP contribution in [0.2, 0.25) is 0 Å². The van der Waals surface area contributed by atoms with E-state index in [2.05, 4.69) is 44.6 Å². The van der Waals surface area contributed by atoms with Crippen LogP contribution in [0.1, 0.15) is 18.9 Å². The summed E-state index contributed by atoms with van der Waals surface area (Å²) in [6, 6.07) is 5.28. The second-order valence-corrected chi connectivity index (χ2v) is 6.04. The molecule has 0 bridgehead atoms. The molecule has 6 nitrogen and oxygen atoms in total. The van der Waals surface area contributed by atoms with Crippen LogP contribution in [0.25, 0.3) is 11.5 Å². The predicted octanol–water partition coefficient (Wildman–Crippen LogP) is 2.44. The van der Waals surface area contributed by atoms with Gasteiger partial charge in [0.2, 0.25) is 5.82 Å². The molecule has 2 aromatic rings. The summed E-state index contributed by atoms with van der Waals surface area (Å²) in [5.41, 5.74) is 0.704. The SMILES string of the molecule is CCN1CCOC(c2noc(-c3ccc(I)c(O)c3)n2)C1. The van der Waals surface area contributed by atoms with Crippen molar-refractivity contribution in [3.8, 4) is 17.2 Å². The molecule has 1 aliphatic heterocycles. The van der Waals surface area contributed by atoms with Crippen LogP contribution >= 0.6 is 22.6 Å². The van der Waals surface area contributed by atoms with Crippen molar-refractivity contribution in [3.63, 3.8) is 0 Å². The van der Waals surface area contributed by atoms with Gasteiger partial charge in [-0.15, -0.1) is 0 Å². The average Bonchev–Trinajstić information content (AvgIpc) is 3.00. The molecule has 7 heteroatoms. The zero-order chi connectivity index (χ0) is 14.8. The molecule has 0 radical (unpaired) electrons. The fourth-order valence-corrected chi connectivity index (χ4v) is 2.61. The monoisotopic (exact) mass is 401 g/mol. The van der Waals surface area contributed by atoms with E-state index in [0.717, 1.165) is 23.2 Å². The smallest absolute Gasteiger partial charge is 0.258 e. The highest BCUT2D eigenvalue weighted by Gasteiger charge is 2.25. The Labute approximate surface area is 136 Å². The minimum Gasteiger partial charge on any atom is -0.507 e. The first-order valence-corrected chi connectivity index (χ1v) is 7.91. The summed E-state index contributed by atoms with van der Waals surface area (Å²) in [5.74, 6) is 1.16. The van der Waals surface area contributed by atoms with Gasteiger partial charge < -0.3 is 14.4 Å². The van der Waals surface area contributed by atoms with E-state index in [-0.39, 0.29) is 11.9 Å². The Hall–Kier alpha value is -1.19. The Morgan fingerprint density at radius 2 is 2.33 bits per heavy atom. The lowest BCUT2D eigenvalue weighted by Crippen LogP contribution is -2.38. The number of hydrogen-bond acceptors (Lipinski definition) is 6. The van der Waals surface area contributed by atoms with Crippen LogP contribution in [0.15, 0.2) is 22.7 Å². The van der Waals surface area contributed by atoms with E-state index < -0.39 is 0 Å². The van der Waals surface area contributed by atoms with Gasteiger partial charge in [-0.05, 0) is 47.3 Å². The maximum Gasteiger partial charge on any atom is 0.258 e. The molecule has 2 heterocycles. The van der Waals surface area contributed by atoms with E-state index in [1.807, 2.05) is 12.1 Å². The first kappa shape index (κ1) is 14.7. The number of ether oxygens (including phenoxy) is 1. The minimum atomic E-state index is -0.159. The van der Waals surface area contributed by atoms with Crippen molar-refractivity contribution in [2.45, 2.75) is 13.0 Å². The second kappa shape index (κ2) is 6.29. The van der Waals surface area contributed by atoms with Gasteiger partial charge in [0.15, 0.2) is 0 Å². The molecule has 21 heavy (non-hydrogen) atoms. The normalized spacial score (nSPS) is 19.8. The highest BCUT2D eigenvalue weighted by Crippen LogP contribution is 2.28. The van der Waals surface area contributed by atoms with Crippen LogP contribution in [0.3, 0.4) is 0 Å². The minimum absolute atomic E-state index is 0.159. The zero-order valence-electron chi connectivity index (χ0n) is 11.6. The van der Waals surface area contributed by atoms with Crippen LogP contribution in [0.4, 0.5) is 0 Å². The quantitative estimate of drug-likeness (QED) is 0.797. The molecular formula is C14H16IN3O3. The lowest BCUT2D eigenvalue weighted by molar-refractivity contribution is -0.0334. The molecule has 0 spiro atoms.